The highest BCUT2D eigenvalue weighted by Gasteiger charge is 2.40. The molecule has 1 fully saturated rings. The molecule has 1 aliphatic rings. The predicted molar refractivity (Wildman–Crippen MR) is 179 cm³/mol. The van der Waals surface area contributed by atoms with E-state index in [-0.39, 0.29) is 50.0 Å². The third-order valence-corrected chi connectivity index (χ3v) is 7.85. The molecule has 0 spiro atoms. The highest BCUT2D eigenvalue weighted by atomic mass is 16.4. The Morgan fingerprint density at radius 2 is 1.42 bits per heavy atom. The Morgan fingerprint density at radius 3 is 1.94 bits per heavy atom. The molecule has 0 aromatic heterocycles. The maximum atomic E-state index is 13.8. The fourth-order valence-electron chi connectivity index (χ4n) is 5.33. The largest absolute Gasteiger partial charge is 0.480 e. The number of nitrogens with one attached hydrogen (secondary N) is 4. The van der Waals surface area contributed by atoms with Crippen LogP contribution in [-0.4, -0.2) is 113 Å². The Labute approximate surface area is 282 Å². The monoisotopic (exact) mass is 683 g/mol. The van der Waals surface area contributed by atoms with Crippen LogP contribution < -0.4 is 38.5 Å². The van der Waals surface area contributed by atoms with Crippen molar-refractivity contribution in [2.24, 2.45) is 39.9 Å². The highest BCUT2D eigenvalue weighted by molar-refractivity contribution is 5.96. The standard InChI is InChI=1S/C31H57N9O8/c1-16(2)13-20(36-25(42)19(32)9-7-11-35-31(33)34)26(43)39-24(18(5)6)28(45)37-21(14-17(3)4)29(46)40-12-8-10-23(40)27(44)38-22(15-41)30(47)48/h16-24,41H,7-15,32H2,1-6H3,(H,36,42)(H,37,45)(H,38,44)(H,39,43)(H,47,48)(H4,33,34,35)/t19-,20-,21-,22-,23-,24-/m0/s1. The summed E-state index contributed by atoms with van der Waals surface area (Å²) in [5.41, 5.74) is 16.7. The van der Waals surface area contributed by atoms with E-state index >= 15 is 0 Å². The minimum absolute atomic E-state index is 0.00674. The van der Waals surface area contributed by atoms with Gasteiger partial charge in [0, 0.05) is 13.1 Å². The van der Waals surface area contributed by atoms with Gasteiger partial charge in [0.2, 0.25) is 29.5 Å². The molecule has 1 heterocycles. The molecule has 0 aromatic carbocycles. The number of aliphatic hydroxyl groups is 1. The van der Waals surface area contributed by atoms with E-state index in [4.69, 9.17) is 17.2 Å². The number of hydrogen-bond acceptors (Lipinski definition) is 9. The molecule has 17 heteroatoms. The molecular weight excluding hydrogens is 626 g/mol. The van der Waals surface area contributed by atoms with Gasteiger partial charge in [0.15, 0.2) is 5.96 Å². The van der Waals surface area contributed by atoms with Crippen molar-refractivity contribution >= 4 is 41.5 Å². The lowest BCUT2D eigenvalue weighted by atomic mass is 9.98. The summed E-state index contributed by atoms with van der Waals surface area (Å²) in [5.74, 6) is -4.88. The van der Waals surface area contributed by atoms with Crippen LogP contribution in [0.3, 0.4) is 0 Å². The number of carboxylic acids is 1. The topological polar surface area (TPSA) is 285 Å². The zero-order valence-corrected chi connectivity index (χ0v) is 29.0. The third kappa shape index (κ3) is 14.0. The van der Waals surface area contributed by atoms with E-state index in [1.807, 2.05) is 27.7 Å². The summed E-state index contributed by atoms with van der Waals surface area (Å²) in [6, 6.07) is -6.51. The number of nitrogens with two attached hydrogens (primary N) is 3. The van der Waals surface area contributed by atoms with Crippen molar-refractivity contribution in [2.75, 3.05) is 19.7 Å². The lowest BCUT2D eigenvalue weighted by Crippen LogP contribution is -2.60. The van der Waals surface area contributed by atoms with E-state index in [2.05, 4.69) is 26.3 Å². The number of guanidine groups is 1. The van der Waals surface area contributed by atoms with E-state index in [1.54, 1.807) is 13.8 Å². The van der Waals surface area contributed by atoms with Crippen LogP contribution in [0.1, 0.15) is 80.1 Å². The number of aliphatic hydroxyl groups excluding tert-OH is 1. The molecule has 6 atom stereocenters. The number of nitrogens with zero attached hydrogens (tertiary/aromatic N) is 2. The molecular formula is C31H57N9O8. The van der Waals surface area contributed by atoms with Gasteiger partial charge in [-0.15, -0.1) is 0 Å². The Morgan fingerprint density at radius 1 is 0.833 bits per heavy atom. The molecule has 0 aromatic rings. The van der Waals surface area contributed by atoms with Gasteiger partial charge in [-0.3, -0.25) is 29.0 Å². The first-order valence-electron chi connectivity index (χ1n) is 16.6. The summed E-state index contributed by atoms with van der Waals surface area (Å²) in [6.45, 7) is 10.7. The SMILES string of the molecule is CC(C)C[C@H](NC(=O)[C@@H](N)CCCN=C(N)N)C(=O)N[C@H](C(=O)N[C@@H](CC(C)C)C(=O)N1CCC[C@H]1C(=O)N[C@@H](CO)C(=O)O)C(C)C. The second-order valence-electron chi connectivity index (χ2n) is 13.4. The van der Waals surface area contributed by atoms with Gasteiger partial charge >= 0.3 is 5.97 Å². The Kier molecular flexibility index (Phi) is 17.9. The zero-order chi connectivity index (χ0) is 36.7. The normalized spacial score (nSPS) is 17.6. The summed E-state index contributed by atoms with van der Waals surface area (Å²) < 4.78 is 0. The smallest absolute Gasteiger partial charge is 0.328 e. The van der Waals surface area contributed by atoms with Crippen molar-refractivity contribution < 1.29 is 39.0 Å². The van der Waals surface area contributed by atoms with Crippen LogP contribution >= 0.6 is 0 Å². The minimum atomic E-state index is -1.52. The lowest BCUT2D eigenvalue weighted by molar-refractivity contribution is -0.146. The fourth-order valence-corrected chi connectivity index (χ4v) is 5.33. The molecule has 1 rings (SSSR count). The van der Waals surface area contributed by atoms with E-state index in [0.717, 1.165) is 0 Å². The van der Waals surface area contributed by atoms with Crippen LogP contribution in [0.4, 0.5) is 0 Å². The molecule has 1 aliphatic heterocycles. The molecule has 0 aliphatic carbocycles. The van der Waals surface area contributed by atoms with Crippen molar-refractivity contribution in [3.8, 4) is 0 Å². The maximum Gasteiger partial charge on any atom is 0.328 e. The van der Waals surface area contributed by atoms with Gasteiger partial charge in [-0.1, -0.05) is 41.5 Å². The molecule has 48 heavy (non-hydrogen) atoms. The van der Waals surface area contributed by atoms with E-state index in [1.165, 1.54) is 4.90 Å². The average molecular weight is 684 g/mol. The number of aliphatic imine (C=N–C) groups is 1. The van der Waals surface area contributed by atoms with Gasteiger partial charge in [0.1, 0.15) is 30.2 Å². The van der Waals surface area contributed by atoms with Crippen LogP contribution in [0.25, 0.3) is 0 Å². The Balaban J connectivity index is 3.09. The molecule has 12 N–H and O–H groups in total. The molecule has 0 bridgehead atoms. The van der Waals surface area contributed by atoms with E-state index in [9.17, 15) is 39.0 Å². The minimum Gasteiger partial charge on any atom is -0.480 e. The predicted octanol–water partition coefficient (Wildman–Crippen LogP) is -1.88. The van der Waals surface area contributed by atoms with Crippen LogP contribution in [-0.2, 0) is 28.8 Å². The van der Waals surface area contributed by atoms with Crippen molar-refractivity contribution in [1.82, 2.24) is 26.2 Å². The van der Waals surface area contributed by atoms with Crippen molar-refractivity contribution in [1.29, 1.82) is 0 Å². The van der Waals surface area contributed by atoms with Gasteiger partial charge in [-0.05, 0) is 56.3 Å². The first kappa shape index (κ1) is 42.0. The summed E-state index contributed by atoms with van der Waals surface area (Å²) in [4.78, 5) is 83.2. The first-order valence-corrected chi connectivity index (χ1v) is 16.6. The number of hydrogen-bond donors (Lipinski definition) is 9. The molecule has 274 valence electrons. The molecule has 17 nitrogen and oxygen atoms in total. The van der Waals surface area contributed by atoms with E-state index in [0.29, 0.717) is 19.4 Å². The van der Waals surface area contributed by atoms with Crippen LogP contribution in [0.2, 0.25) is 0 Å². The number of rotatable bonds is 20. The summed E-state index contributed by atoms with van der Waals surface area (Å²) in [5, 5.41) is 29.0. The molecule has 0 unspecified atom stereocenters. The second kappa shape index (κ2) is 20.4. The van der Waals surface area contributed by atoms with Crippen molar-refractivity contribution in [2.45, 2.75) is 116 Å². The summed E-state index contributed by atoms with van der Waals surface area (Å²) in [6.07, 6.45) is 2.00. The lowest BCUT2D eigenvalue weighted by Gasteiger charge is -2.32. The van der Waals surface area contributed by atoms with Gasteiger partial charge in [0.25, 0.3) is 0 Å². The first-order chi connectivity index (χ1) is 22.4. The number of carboxylic acid groups (broad SMARTS) is 1. The van der Waals surface area contributed by atoms with E-state index < -0.39 is 84.3 Å². The Bertz CT molecular complexity index is 1140. The number of amides is 5. The Hall–Kier alpha value is -3.99. The molecule has 5 amide bonds. The number of aliphatic carboxylic acids is 1. The van der Waals surface area contributed by atoms with Gasteiger partial charge in [0.05, 0.1) is 12.6 Å². The number of carbonyl (C=O) groups excluding carboxylic acids is 5. The number of carbonyl (C=O) groups is 6. The molecule has 0 saturated carbocycles. The van der Waals surface area contributed by atoms with Crippen molar-refractivity contribution in [3.63, 3.8) is 0 Å². The average Bonchev–Trinajstić information content (AvgIpc) is 3.48. The van der Waals surface area contributed by atoms with Crippen LogP contribution in [0.15, 0.2) is 4.99 Å². The highest BCUT2D eigenvalue weighted by Crippen LogP contribution is 2.21. The molecule has 0 radical (unpaired) electrons. The third-order valence-electron chi connectivity index (χ3n) is 7.85. The quantitative estimate of drug-likeness (QED) is 0.0389. The van der Waals surface area contributed by atoms with Gasteiger partial charge in [-0.2, -0.15) is 0 Å². The van der Waals surface area contributed by atoms with Crippen LogP contribution in [0, 0.1) is 17.8 Å². The second-order valence-corrected chi connectivity index (χ2v) is 13.4. The van der Waals surface area contributed by atoms with Gasteiger partial charge < -0.3 is 53.6 Å². The summed E-state index contributed by atoms with van der Waals surface area (Å²) in [7, 11) is 0. The van der Waals surface area contributed by atoms with Crippen molar-refractivity contribution in [3.05, 3.63) is 0 Å². The number of likely N-dealkylation sites (tertiary alicyclic amines) is 1. The summed E-state index contributed by atoms with van der Waals surface area (Å²) >= 11 is 0. The maximum absolute atomic E-state index is 13.8. The zero-order valence-electron chi connectivity index (χ0n) is 29.0. The molecule has 1 saturated heterocycles. The fraction of sp³-hybridized carbons (Fsp3) is 0.774. The van der Waals surface area contributed by atoms with Gasteiger partial charge in [-0.25, -0.2) is 4.79 Å². The van der Waals surface area contributed by atoms with Crippen LogP contribution in [0.5, 0.6) is 0 Å².